The Kier molecular flexibility index (Phi) is 4.44. The maximum absolute atomic E-state index is 11.2. The van der Waals surface area contributed by atoms with Crippen molar-refractivity contribution >= 4 is 17.3 Å². The number of thiazole rings is 1. The Morgan fingerprint density at radius 2 is 2.11 bits per heavy atom. The SMILES string of the molecule is COC(=O)c1ccc(CNCc2nccs2)cc1. The van der Waals surface area contributed by atoms with E-state index in [1.54, 1.807) is 29.7 Å². The number of esters is 1. The summed E-state index contributed by atoms with van der Waals surface area (Å²) in [5, 5.41) is 6.33. The van der Waals surface area contributed by atoms with Gasteiger partial charge in [0.1, 0.15) is 5.01 Å². The van der Waals surface area contributed by atoms with Crippen LogP contribution < -0.4 is 5.32 Å². The van der Waals surface area contributed by atoms with Gasteiger partial charge in [0.25, 0.3) is 0 Å². The van der Waals surface area contributed by atoms with Gasteiger partial charge in [-0.05, 0) is 17.7 Å². The standard InChI is InChI=1S/C13H14N2O2S/c1-17-13(16)11-4-2-10(3-5-11)8-14-9-12-15-6-7-18-12/h2-7,14H,8-9H2,1H3. The van der Waals surface area contributed by atoms with Crippen LogP contribution in [0, 0.1) is 0 Å². The fourth-order valence-corrected chi connectivity index (χ4v) is 2.12. The van der Waals surface area contributed by atoms with E-state index in [1.165, 1.54) is 7.11 Å². The van der Waals surface area contributed by atoms with Crippen LogP contribution in [0.15, 0.2) is 35.8 Å². The minimum absolute atomic E-state index is 0.308. The Balaban J connectivity index is 1.85. The van der Waals surface area contributed by atoms with Crippen LogP contribution >= 0.6 is 11.3 Å². The summed E-state index contributed by atoms with van der Waals surface area (Å²) in [5.41, 5.74) is 1.69. The lowest BCUT2D eigenvalue weighted by Crippen LogP contribution is -2.12. The number of ether oxygens (including phenoxy) is 1. The van der Waals surface area contributed by atoms with Crippen molar-refractivity contribution < 1.29 is 9.53 Å². The molecule has 0 fully saturated rings. The topological polar surface area (TPSA) is 51.2 Å². The van der Waals surface area contributed by atoms with Gasteiger partial charge in [0.05, 0.1) is 12.7 Å². The van der Waals surface area contributed by atoms with Gasteiger partial charge in [-0.15, -0.1) is 11.3 Å². The molecule has 1 aromatic carbocycles. The number of aromatic nitrogens is 1. The predicted octanol–water partition coefficient (Wildman–Crippen LogP) is 2.22. The van der Waals surface area contributed by atoms with Gasteiger partial charge in [-0.2, -0.15) is 0 Å². The quantitative estimate of drug-likeness (QED) is 0.839. The molecule has 0 aliphatic carbocycles. The molecule has 0 atom stereocenters. The van der Waals surface area contributed by atoms with E-state index in [2.05, 4.69) is 15.0 Å². The van der Waals surface area contributed by atoms with Gasteiger partial charge >= 0.3 is 5.97 Å². The lowest BCUT2D eigenvalue weighted by Gasteiger charge is -2.04. The molecule has 18 heavy (non-hydrogen) atoms. The summed E-state index contributed by atoms with van der Waals surface area (Å²) in [4.78, 5) is 15.4. The second-order valence-corrected chi connectivity index (χ2v) is 4.70. The molecule has 0 bridgehead atoms. The summed E-state index contributed by atoms with van der Waals surface area (Å²) >= 11 is 1.63. The zero-order valence-corrected chi connectivity index (χ0v) is 10.9. The Hall–Kier alpha value is -1.72. The van der Waals surface area contributed by atoms with E-state index in [0.29, 0.717) is 5.56 Å². The first kappa shape index (κ1) is 12.7. The Bertz CT molecular complexity index is 494. The highest BCUT2D eigenvalue weighted by Crippen LogP contribution is 2.07. The molecule has 5 heteroatoms. The molecule has 94 valence electrons. The van der Waals surface area contributed by atoms with E-state index < -0.39 is 0 Å². The molecular weight excluding hydrogens is 248 g/mol. The van der Waals surface area contributed by atoms with Crippen molar-refractivity contribution in [1.82, 2.24) is 10.3 Å². The zero-order chi connectivity index (χ0) is 12.8. The minimum atomic E-state index is -0.308. The summed E-state index contributed by atoms with van der Waals surface area (Å²) in [6.07, 6.45) is 1.80. The highest BCUT2D eigenvalue weighted by Gasteiger charge is 2.04. The maximum Gasteiger partial charge on any atom is 0.337 e. The van der Waals surface area contributed by atoms with Gasteiger partial charge in [0, 0.05) is 24.7 Å². The number of nitrogens with zero attached hydrogens (tertiary/aromatic N) is 1. The first-order valence-electron chi connectivity index (χ1n) is 5.56. The highest BCUT2D eigenvalue weighted by atomic mass is 32.1. The van der Waals surface area contributed by atoms with Crippen molar-refractivity contribution in [2.75, 3.05) is 7.11 Å². The van der Waals surface area contributed by atoms with Crippen LogP contribution in [0.5, 0.6) is 0 Å². The number of hydrogen-bond donors (Lipinski definition) is 1. The number of methoxy groups -OCH3 is 1. The van der Waals surface area contributed by atoms with Crippen LogP contribution in [0.25, 0.3) is 0 Å². The number of nitrogens with one attached hydrogen (secondary N) is 1. The molecule has 0 aliphatic rings. The van der Waals surface area contributed by atoms with Crippen molar-refractivity contribution in [2.45, 2.75) is 13.1 Å². The highest BCUT2D eigenvalue weighted by molar-refractivity contribution is 7.09. The Morgan fingerprint density at radius 3 is 2.72 bits per heavy atom. The monoisotopic (exact) mass is 262 g/mol. The molecule has 0 spiro atoms. The second-order valence-electron chi connectivity index (χ2n) is 3.72. The number of hydrogen-bond acceptors (Lipinski definition) is 5. The van der Waals surface area contributed by atoms with Crippen molar-refractivity contribution in [1.29, 1.82) is 0 Å². The summed E-state index contributed by atoms with van der Waals surface area (Å²) in [7, 11) is 1.38. The van der Waals surface area contributed by atoms with Crippen LogP contribution in [-0.2, 0) is 17.8 Å². The van der Waals surface area contributed by atoms with E-state index in [-0.39, 0.29) is 5.97 Å². The number of benzene rings is 1. The smallest absolute Gasteiger partial charge is 0.337 e. The van der Waals surface area contributed by atoms with Crippen LogP contribution in [0.2, 0.25) is 0 Å². The number of carbonyl (C=O) groups is 1. The third-order valence-corrected chi connectivity index (χ3v) is 3.24. The van der Waals surface area contributed by atoms with Crippen LogP contribution in [0.3, 0.4) is 0 Å². The Labute approximate surface area is 110 Å². The van der Waals surface area contributed by atoms with Crippen molar-refractivity contribution in [2.24, 2.45) is 0 Å². The molecule has 0 saturated carbocycles. The van der Waals surface area contributed by atoms with Crippen LogP contribution in [0.4, 0.5) is 0 Å². The van der Waals surface area contributed by atoms with Gasteiger partial charge in [0.2, 0.25) is 0 Å². The average molecular weight is 262 g/mol. The van der Waals surface area contributed by atoms with Crippen molar-refractivity contribution in [3.8, 4) is 0 Å². The van der Waals surface area contributed by atoms with Gasteiger partial charge in [0.15, 0.2) is 0 Å². The fourth-order valence-electron chi connectivity index (χ4n) is 1.53. The van der Waals surface area contributed by atoms with E-state index >= 15 is 0 Å². The lowest BCUT2D eigenvalue weighted by atomic mass is 10.1. The summed E-state index contributed by atoms with van der Waals surface area (Å²) < 4.78 is 4.64. The first-order valence-corrected chi connectivity index (χ1v) is 6.44. The van der Waals surface area contributed by atoms with Gasteiger partial charge in [-0.3, -0.25) is 0 Å². The molecule has 0 aliphatic heterocycles. The third kappa shape index (κ3) is 3.38. The molecular formula is C13H14N2O2S. The molecule has 1 N–H and O–H groups in total. The van der Waals surface area contributed by atoms with Crippen LogP contribution in [0.1, 0.15) is 20.9 Å². The largest absolute Gasteiger partial charge is 0.465 e. The molecule has 2 rings (SSSR count). The second kappa shape index (κ2) is 6.28. The molecule has 2 aromatic rings. The number of rotatable bonds is 5. The number of carbonyl (C=O) groups excluding carboxylic acids is 1. The van der Waals surface area contributed by atoms with E-state index in [0.717, 1.165) is 23.7 Å². The van der Waals surface area contributed by atoms with Gasteiger partial charge in [-0.1, -0.05) is 12.1 Å². The third-order valence-electron chi connectivity index (χ3n) is 2.46. The van der Waals surface area contributed by atoms with E-state index in [9.17, 15) is 4.79 Å². The Morgan fingerprint density at radius 1 is 1.33 bits per heavy atom. The fraction of sp³-hybridized carbons (Fsp3) is 0.231. The average Bonchev–Trinajstić information content (AvgIpc) is 2.92. The normalized spacial score (nSPS) is 10.3. The molecule has 1 heterocycles. The van der Waals surface area contributed by atoms with Crippen molar-refractivity contribution in [3.63, 3.8) is 0 Å². The summed E-state index contributed by atoms with van der Waals surface area (Å²) in [6, 6.07) is 7.38. The molecule has 0 radical (unpaired) electrons. The molecule has 0 unspecified atom stereocenters. The van der Waals surface area contributed by atoms with E-state index in [1.807, 2.05) is 17.5 Å². The summed E-state index contributed by atoms with van der Waals surface area (Å²) in [5.74, 6) is -0.308. The van der Waals surface area contributed by atoms with Gasteiger partial charge < -0.3 is 10.1 Å². The molecule has 1 aromatic heterocycles. The predicted molar refractivity (Wildman–Crippen MR) is 70.4 cm³/mol. The van der Waals surface area contributed by atoms with Crippen LogP contribution in [-0.4, -0.2) is 18.1 Å². The minimum Gasteiger partial charge on any atom is -0.465 e. The first-order chi connectivity index (χ1) is 8.79. The lowest BCUT2D eigenvalue weighted by molar-refractivity contribution is 0.0600. The summed E-state index contributed by atoms with van der Waals surface area (Å²) in [6.45, 7) is 1.51. The van der Waals surface area contributed by atoms with Gasteiger partial charge in [-0.25, -0.2) is 9.78 Å². The zero-order valence-electron chi connectivity index (χ0n) is 10.1. The molecule has 0 saturated heterocycles. The van der Waals surface area contributed by atoms with Crippen molar-refractivity contribution in [3.05, 3.63) is 52.0 Å². The van der Waals surface area contributed by atoms with E-state index in [4.69, 9.17) is 0 Å². The molecule has 4 nitrogen and oxygen atoms in total. The molecule has 0 amide bonds. The maximum atomic E-state index is 11.2.